The second-order valence-corrected chi connectivity index (χ2v) is 6.39. The number of likely N-dealkylation sites (tertiary alicyclic amines) is 1. The van der Waals surface area contributed by atoms with Crippen molar-refractivity contribution < 1.29 is 9.53 Å². The molecule has 1 aliphatic heterocycles. The number of ether oxygens (including phenoxy) is 1. The van der Waals surface area contributed by atoms with Gasteiger partial charge in [0.2, 0.25) is 0 Å². The molecule has 1 saturated heterocycles. The van der Waals surface area contributed by atoms with Crippen LogP contribution in [0.5, 0.6) is 0 Å². The summed E-state index contributed by atoms with van der Waals surface area (Å²) in [5.74, 6) is 0.522. The summed E-state index contributed by atoms with van der Waals surface area (Å²) in [5, 5.41) is 2.66. The fraction of sp³-hybridized carbons (Fsp3) is 0.625. The van der Waals surface area contributed by atoms with Gasteiger partial charge in [-0.1, -0.05) is 13.0 Å². The highest BCUT2D eigenvalue weighted by molar-refractivity contribution is 5.83. The molecule has 1 fully saturated rings. The van der Waals surface area contributed by atoms with E-state index in [-0.39, 0.29) is 0 Å². The summed E-state index contributed by atoms with van der Waals surface area (Å²) >= 11 is 0. The molecule has 5 nitrogen and oxygen atoms in total. The third-order valence-corrected chi connectivity index (χ3v) is 3.57. The van der Waals surface area contributed by atoms with E-state index < -0.39 is 11.7 Å². The van der Waals surface area contributed by atoms with Crippen LogP contribution in [0.3, 0.4) is 0 Å². The third kappa shape index (κ3) is 4.43. The summed E-state index contributed by atoms with van der Waals surface area (Å²) in [5.41, 5.74) is 0.708. The molecule has 0 aliphatic carbocycles. The van der Waals surface area contributed by atoms with E-state index in [0.29, 0.717) is 11.9 Å². The van der Waals surface area contributed by atoms with Gasteiger partial charge >= 0.3 is 6.09 Å². The van der Waals surface area contributed by atoms with Gasteiger partial charge in [0.15, 0.2) is 0 Å². The lowest BCUT2D eigenvalue weighted by Gasteiger charge is -2.23. The molecule has 1 atom stereocenters. The van der Waals surface area contributed by atoms with Crippen molar-refractivity contribution in [1.29, 1.82) is 0 Å². The molecule has 1 aliphatic rings. The van der Waals surface area contributed by atoms with Gasteiger partial charge in [-0.15, -0.1) is 0 Å². The van der Waals surface area contributed by atoms with E-state index in [0.717, 1.165) is 13.1 Å². The van der Waals surface area contributed by atoms with Crippen LogP contribution < -0.4 is 5.32 Å². The van der Waals surface area contributed by atoms with Gasteiger partial charge in [-0.3, -0.25) is 10.2 Å². The van der Waals surface area contributed by atoms with Crippen LogP contribution in [0.1, 0.15) is 52.1 Å². The number of pyridine rings is 1. The van der Waals surface area contributed by atoms with Crippen LogP contribution in [0.25, 0.3) is 0 Å². The first kappa shape index (κ1) is 15.8. The van der Waals surface area contributed by atoms with E-state index in [1.54, 1.807) is 0 Å². The number of amides is 1. The molecule has 0 aromatic carbocycles. The molecule has 0 radical (unpaired) electrons. The molecule has 0 saturated carbocycles. The average molecular weight is 291 g/mol. The Bertz CT molecular complexity index is 479. The molecule has 5 heteroatoms. The SMILES string of the molecule is CCN1CCC[C@H]1c1ccc(NC(=O)OC(C)(C)C)nc1. The van der Waals surface area contributed by atoms with Gasteiger partial charge in [0.25, 0.3) is 0 Å². The van der Waals surface area contributed by atoms with Gasteiger partial charge in [-0.25, -0.2) is 9.78 Å². The Morgan fingerprint density at radius 2 is 2.24 bits per heavy atom. The maximum Gasteiger partial charge on any atom is 0.413 e. The molecule has 1 aromatic heterocycles. The molecule has 2 heterocycles. The Balaban J connectivity index is 1.97. The van der Waals surface area contributed by atoms with Crippen LogP contribution in [0.15, 0.2) is 18.3 Å². The Kier molecular flexibility index (Phi) is 4.83. The van der Waals surface area contributed by atoms with Gasteiger partial charge in [0.1, 0.15) is 11.4 Å². The Morgan fingerprint density at radius 3 is 2.81 bits per heavy atom. The highest BCUT2D eigenvalue weighted by Crippen LogP contribution is 2.31. The minimum atomic E-state index is -0.504. The van der Waals surface area contributed by atoms with Crippen LogP contribution in [0.4, 0.5) is 10.6 Å². The van der Waals surface area contributed by atoms with Crippen LogP contribution in [0, 0.1) is 0 Å². The highest BCUT2D eigenvalue weighted by Gasteiger charge is 2.24. The zero-order valence-electron chi connectivity index (χ0n) is 13.3. The zero-order chi connectivity index (χ0) is 15.5. The maximum absolute atomic E-state index is 11.7. The Morgan fingerprint density at radius 1 is 1.48 bits per heavy atom. The van der Waals surface area contributed by atoms with Crippen molar-refractivity contribution in [1.82, 2.24) is 9.88 Å². The fourth-order valence-corrected chi connectivity index (χ4v) is 2.67. The largest absolute Gasteiger partial charge is 0.444 e. The Labute approximate surface area is 126 Å². The van der Waals surface area contributed by atoms with Crippen LogP contribution >= 0.6 is 0 Å². The van der Waals surface area contributed by atoms with Crippen molar-refractivity contribution >= 4 is 11.9 Å². The number of hydrogen-bond donors (Lipinski definition) is 1. The number of nitrogens with zero attached hydrogens (tertiary/aromatic N) is 2. The van der Waals surface area contributed by atoms with Gasteiger partial charge in [0, 0.05) is 12.2 Å². The van der Waals surface area contributed by atoms with E-state index in [4.69, 9.17) is 4.74 Å². The number of anilines is 1. The zero-order valence-corrected chi connectivity index (χ0v) is 13.3. The number of rotatable bonds is 3. The van der Waals surface area contributed by atoms with E-state index >= 15 is 0 Å². The van der Waals surface area contributed by atoms with Crippen LogP contribution in [-0.2, 0) is 4.74 Å². The molecule has 116 valence electrons. The van der Waals surface area contributed by atoms with Crippen molar-refractivity contribution in [3.63, 3.8) is 0 Å². The molecule has 0 spiro atoms. The molecule has 1 N–H and O–H groups in total. The van der Waals surface area contributed by atoms with E-state index in [2.05, 4.69) is 22.1 Å². The third-order valence-electron chi connectivity index (χ3n) is 3.57. The van der Waals surface area contributed by atoms with E-state index in [9.17, 15) is 4.79 Å². The van der Waals surface area contributed by atoms with Crippen molar-refractivity contribution in [2.24, 2.45) is 0 Å². The lowest BCUT2D eigenvalue weighted by atomic mass is 10.1. The minimum absolute atomic E-state index is 0.457. The van der Waals surface area contributed by atoms with Crippen LogP contribution in [-0.4, -0.2) is 34.7 Å². The lowest BCUT2D eigenvalue weighted by molar-refractivity contribution is 0.0635. The molecule has 0 bridgehead atoms. The van der Waals surface area contributed by atoms with E-state index in [1.807, 2.05) is 39.1 Å². The first-order valence-corrected chi connectivity index (χ1v) is 7.59. The monoisotopic (exact) mass is 291 g/mol. The number of hydrogen-bond acceptors (Lipinski definition) is 4. The summed E-state index contributed by atoms with van der Waals surface area (Å²) in [6.07, 6.45) is 3.79. The molecule has 2 rings (SSSR count). The first-order valence-electron chi connectivity index (χ1n) is 7.59. The highest BCUT2D eigenvalue weighted by atomic mass is 16.6. The van der Waals surface area contributed by atoms with Crippen LogP contribution in [0.2, 0.25) is 0 Å². The quantitative estimate of drug-likeness (QED) is 0.924. The minimum Gasteiger partial charge on any atom is -0.444 e. The van der Waals surface area contributed by atoms with Crippen molar-refractivity contribution in [2.75, 3.05) is 18.4 Å². The molecular formula is C16H25N3O2. The molecular weight excluding hydrogens is 266 g/mol. The number of nitrogens with one attached hydrogen (secondary N) is 1. The van der Waals surface area contributed by atoms with Crippen molar-refractivity contribution in [3.05, 3.63) is 23.9 Å². The summed E-state index contributed by atoms with van der Waals surface area (Å²) in [6.45, 7) is 9.90. The maximum atomic E-state index is 11.7. The normalized spacial score (nSPS) is 19.5. The fourth-order valence-electron chi connectivity index (χ4n) is 2.67. The van der Waals surface area contributed by atoms with Gasteiger partial charge in [-0.05, 0) is 58.3 Å². The smallest absolute Gasteiger partial charge is 0.413 e. The first-order chi connectivity index (χ1) is 9.89. The molecule has 21 heavy (non-hydrogen) atoms. The number of aromatic nitrogens is 1. The second-order valence-electron chi connectivity index (χ2n) is 6.39. The number of carbonyl (C=O) groups is 1. The van der Waals surface area contributed by atoms with Gasteiger partial charge in [0.05, 0.1) is 0 Å². The van der Waals surface area contributed by atoms with Crippen molar-refractivity contribution in [2.45, 2.75) is 52.2 Å². The summed E-state index contributed by atoms with van der Waals surface area (Å²) in [7, 11) is 0. The number of carbonyl (C=O) groups excluding carboxylic acids is 1. The topological polar surface area (TPSA) is 54.5 Å². The predicted molar refractivity (Wildman–Crippen MR) is 83.3 cm³/mol. The molecule has 1 aromatic rings. The molecule has 1 amide bonds. The van der Waals surface area contributed by atoms with E-state index in [1.165, 1.54) is 18.4 Å². The summed E-state index contributed by atoms with van der Waals surface area (Å²) in [6, 6.07) is 4.34. The van der Waals surface area contributed by atoms with Gasteiger partial charge < -0.3 is 4.74 Å². The predicted octanol–water partition coefficient (Wildman–Crippen LogP) is 3.59. The second kappa shape index (κ2) is 6.43. The lowest BCUT2D eigenvalue weighted by Crippen LogP contribution is -2.27. The summed E-state index contributed by atoms with van der Waals surface area (Å²) in [4.78, 5) is 18.5. The summed E-state index contributed by atoms with van der Waals surface area (Å²) < 4.78 is 5.21. The Hall–Kier alpha value is -1.62. The standard InChI is InChI=1S/C16H25N3O2/c1-5-19-10-6-7-13(19)12-8-9-14(17-11-12)18-15(20)21-16(2,3)4/h8-9,11,13H,5-7,10H2,1-4H3,(H,17,18,20)/t13-/m0/s1. The average Bonchev–Trinajstić information content (AvgIpc) is 2.85. The van der Waals surface area contributed by atoms with Crippen molar-refractivity contribution in [3.8, 4) is 0 Å². The molecule has 0 unspecified atom stereocenters. The van der Waals surface area contributed by atoms with Gasteiger partial charge in [-0.2, -0.15) is 0 Å².